The number of hydrazine groups is 1. The molecule has 4 aromatic rings. The van der Waals surface area contributed by atoms with E-state index in [2.05, 4.69) is 39.6 Å². The van der Waals surface area contributed by atoms with E-state index in [-0.39, 0.29) is 36.7 Å². The summed E-state index contributed by atoms with van der Waals surface area (Å²) in [5, 5.41) is 12.6. The van der Waals surface area contributed by atoms with E-state index in [1.54, 1.807) is 72.8 Å². The Hall–Kier alpha value is -4.73. The molecule has 6 unspecified atom stereocenters. The Morgan fingerprint density at radius 2 is 1.70 bits per heavy atom. The maximum atomic E-state index is 15.4. The number of alkyl halides is 3. The van der Waals surface area contributed by atoms with Gasteiger partial charge in [0.15, 0.2) is 5.82 Å². The van der Waals surface area contributed by atoms with Crippen molar-refractivity contribution in [3.05, 3.63) is 139 Å². The summed E-state index contributed by atoms with van der Waals surface area (Å²) in [6, 6.07) is 19.1. The molecule has 3 fully saturated rings. The number of allylic oxidation sites excluding steroid dienone is 3. The first-order valence-corrected chi connectivity index (χ1v) is 19.4. The molecule has 1 saturated carbocycles. The Balaban J connectivity index is 1.33. The molecule has 4 aliphatic rings. The second-order valence-corrected chi connectivity index (χ2v) is 16.3. The van der Waals surface area contributed by atoms with E-state index in [1.165, 1.54) is 4.90 Å². The SMILES string of the molecule is C=CCc1cccc(C2C3=CCC4C(=O)N(c5ccc(I)cc5)C(=O)C4C3CC3C(=O)N(Nc4ncc(C(F)(F)F)cc4Cl)C(=O)C32c2ccc(Cl)cc2)c1O. The Morgan fingerprint density at radius 3 is 2.36 bits per heavy atom. The van der Waals surface area contributed by atoms with Gasteiger partial charge in [-0.15, -0.1) is 6.58 Å². The van der Waals surface area contributed by atoms with Gasteiger partial charge in [0.05, 0.1) is 39.4 Å². The van der Waals surface area contributed by atoms with Crippen LogP contribution >= 0.6 is 45.8 Å². The van der Waals surface area contributed by atoms with E-state index in [0.717, 1.165) is 3.57 Å². The highest BCUT2D eigenvalue weighted by Gasteiger charge is 2.70. The molecule has 1 aromatic heterocycles. The summed E-state index contributed by atoms with van der Waals surface area (Å²) in [6.07, 6.45) is -0.384. The van der Waals surface area contributed by atoms with Crippen molar-refractivity contribution in [1.82, 2.24) is 9.99 Å². The number of anilines is 2. The fraction of sp³-hybridized carbons (Fsp3) is 0.244. The standard InChI is InChI=1S/C41H30Cl2F3IN4O5/c1-2-4-20-5-3-6-28(34(20)52)33-26-15-16-27-32(38(55)50(36(27)53)25-13-11-24(47)12-14-25)29(26)18-30-37(54)51(39(56)40(30,33)21-7-9-23(42)10-8-21)49-35-31(43)17-22(19-48-35)41(44,45)46/h2-3,5-15,17,19,27,29-30,32-33,52H,1,4,16,18H2,(H,48,49). The summed E-state index contributed by atoms with van der Waals surface area (Å²) in [6.45, 7) is 3.81. The monoisotopic (exact) mass is 912 g/mol. The lowest BCUT2D eigenvalue weighted by Gasteiger charge is -2.50. The lowest BCUT2D eigenvalue weighted by molar-refractivity contribution is -0.139. The zero-order valence-electron chi connectivity index (χ0n) is 29.1. The van der Waals surface area contributed by atoms with Crippen LogP contribution in [0.25, 0.3) is 0 Å². The topological polar surface area (TPSA) is 120 Å². The fourth-order valence-corrected chi connectivity index (χ4v) is 9.83. The number of rotatable bonds is 7. The number of para-hydroxylation sites is 1. The van der Waals surface area contributed by atoms with Gasteiger partial charge in [0, 0.05) is 26.3 Å². The van der Waals surface area contributed by atoms with E-state index in [9.17, 15) is 32.7 Å². The first-order chi connectivity index (χ1) is 26.7. The van der Waals surface area contributed by atoms with Crippen LogP contribution in [0.15, 0.2) is 103 Å². The fourth-order valence-electron chi connectivity index (χ4n) is 9.14. The number of phenolic OH excluding ortho intramolecular Hbond substituents is 1. The molecule has 3 aromatic carbocycles. The lowest BCUT2D eigenvalue weighted by atomic mass is 9.49. The van der Waals surface area contributed by atoms with E-state index in [0.29, 0.717) is 50.2 Å². The molecule has 56 heavy (non-hydrogen) atoms. The number of aromatic hydroxyl groups is 1. The number of hydrogen-bond donors (Lipinski definition) is 2. The first-order valence-electron chi connectivity index (χ1n) is 17.6. The highest BCUT2D eigenvalue weighted by molar-refractivity contribution is 14.1. The predicted molar refractivity (Wildman–Crippen MR) is 211 cm³/mol. The van der Waals surface area contributed by atoms with Gasteiger partial charge in [0.2, 0.25) is 11.8 Å². The third kappa shape index (κ3) is 5.83. The molecular weight excluding hydrogens is 883 g/mol. The second-order valence-electron chi connectivity index (χ2n) is 14.3. The van der Waals surface area contributed by atoms with Crippen LogP contribution in [0.2, 0.25) is 10.0 Å². The number of nitrogens with zero attached hydrogens (tertiary/aromatic N) is 3. The molecule has 2 saturated heterocycles. The Morgan fingerprint density at radius 1 is 0.982 bits per heavy atom. The summed E-state index contributed by atoms with van der Waals surface area (Å²) in [5.74, 6) is -7.57. The Labute approximate surface area is 342 Å². The summed E-state index contributed by atoms with van der Waals surface area (Å²) in [5.41, 5.74) is 1.88. The molecule has 0 spiro atoms. The molecule has 0 radical (unpaired) electrons. The van der Waals surface area contributed by atoms with Gasteiger partial charge in [0.25, 0.3) is 11.8 Å². The van der Waals surface area contributed by atoms with Crippen LogP contribution in [0.3, 0.4) is 0 Å². The zero-order valence-corrected chi connectivity index (χ0v) is 32.7. The van der Waals surface area contributed by atoms with E-state index < -0.39 is 69.5 Å². The number of hydrogen-bond acceptors (Lipinski definition) is 7. The number of carbonyl (C=O) groups excluding carboxylic acids is 4. The molecule has 0 bridgehead atoms. The van der Waals surface area contributed by atoms with Gasteiger partial charge in [-0.1, -0.05) is 71.3 Å². The van der Waals surface area contributed by atoms with Crippen LogP contribution in [0.1, 0.15) is 41.0 Å². The van der Waals surface area contributed by atoms with Gasteiger partial charge in [-0.05, 0) is 101 Å². The lowest BCUT2D eigenvalue weighted by Crippen LogP contribution is -2.53. The Bertz CT molecular complexity index is 2370. The molecule has 2 N–H and O–H groups in total. The number of aromatic nitrogens is 1. The number of fused-ring (bicyclic) bond motifs is 4. The molecule has 2 aliphatic carbocycles. The Kier molecular flexibility index (Phi) is 9.56. The number of halogens is 6. The molecular formula is C41H30Cl2F3IN4O5. The predicted octanol–water partition coefficient (Wildman–Crippen LogP) is 8.64. The quantitative estimate of drug-likeness (QED) is 0.108. The van der Waals surface area contributed by atoms with Crippen LogP contribution in [0.5, 0.6) is 5.75 Å². The summed E-state index contributed by atoms with van der Waals surface area (Å²) >= 11 is 14.8. The highest BCUT2D eigenvalue weighted by atomic mass is 127. The molecule has 2 aliphatic heterocycles. The molecule has 3 heterocycles. The average Bonchev–Trinajstić information content (AvgIpc) is 3.54. The number of amides is 4. The van der Waals surface area contributed by atoms with Crippen molar-refractivity contribution in [3.8, 4) is 5.75 Å². The number of nitrogens with one attached hydrogen (secondary N) is 1. The van der Waals surface area contributed by atoms with E-state index in [1.807, 2.05) is 6.08 Å². The minimum Gasteiger partial charge on any atom is -0.507 e. The maximum Gasteiger partial charge on any atom is 0.417 e. The van der Waals surface area contributed by atoms with Gasteiger partial charge < -0.3 is 5.11 Å². The van der Waals surface area contributed by atoms with Crippen LogP contribution in [0, 0.1) is 27.2 Å². The van der Waals surface area contributed by atoms with Gasteiger partial charge in [-0.2, -0.15) is 18.2 Å². The summed E-state index contributed by atoms with van der Waals surface area (Å²) in [7, 11) is 0. The summed E-state index contributed by atoms with van der Waals surface area (Å²) < 4.78 is 41.4. The van der Waals surface area contributed by atoms with E-state index >= 15 is 4.79 Å². The third-order valence-electron chi connectivity index (χ3n) is 11.5. The van der Waals surface area contributed by atoms with Crippen molar-refractivity contribution >= 4 is 80.9 Å². The van der Waals surface area contributed by atoms with Gasteiger partial charge in [0.1, 0.15) is 5.75 Å². The van der Waals surface area contributed by atoms with Gasteiger partial charge >= 0.3 is 6.18 Å². The van der Waals surface area contributed by atoms with E-state index in [4.69, 9.17) is 23.2 Å². The average molecular weight is 914 g/mol. The second kappa shape index (κ2) is 14.0. The number of pyridine rings is 1. The number of benzene rings is 3. The van der Waals surface area contributed by atoms with Crippen LogP contribution in [-0.4, -0.2) is 38.7 Å². The largest absolute Gasteiger partial charge is 0.507 e. The van der Waals surface area contributed by atoms with Gasteiger partial charge in [-0.3, -0.25) is 29.5 Å². The minimum atomic E-state index is -4.76. The number of phenols is 1. The normalized spacial score (nSPS) is 25.8. The molecule has 6 atom stereocenters. The van der Waals surface area contributed by atoms with Crippen molar-refractivity contribution < 1.29 is 37.5 Å². The zero-order chi connectivity index (χ0) is 39.8. The first kappa shape index (κ1) is 38.2. The maximum absolute atomic E-state index is 15.4. The van der Waals surface area contributed by atoms with Crippen molar-refractivity contribution in [2.45, 2.75) is 36.8 Å². The van der Waals surface area contributed by atoms with Crippen LogP contribution in [-0.2, 0) is 37.2 Å². The van der Waals surface area contributed by atoms with Crippen LogP contribution < -0.4 is 10.3 Å². The van der Waals surface area contributed by atoms with Crippen LogP contribution in [0.4, 0.5) is 24.7 Å². The molecule has 9 nitrogen and oxygen atoms in total. The smallest absolute Gasteiger partial charge is 0.417 e. The number of imide groups is 2. The minimum absolute atomic E-state index is 0.0598. The molecule has 15 heteroatoms. The van der Waals surface area contributed by atoms with Crippen molar-refractivity contribution in [2.75, 3.05) is 10.3 Å². The van der Waals surface area contributed by atoms with Crippen molar-refractivity contribution in [2.24, 2.45) is 23.7 Å². The molecule has 286 valence electrons. The molecule has 4 amide bonds. The highest BCUT2D eigenvalue weighted by Crippen LogP contribution is 2.65. The van der Waals surface area contributed by atoms with Crippen molar-refractivity contribution in [3.63, 3.8) is 0 Å². The third-order valence-corrected chi connectivity index (χ3v) is 12.7. The molecule has 8 rings (SSSR count). The number of carbonyl (C=O) groups is 4. The van der Waals surface area contributed by atoms with Crippen molar-refractivity contribution in [1.29, 1.82) is 0 Å². The van der Waals surface area contributed by atoms with Gasteiger partial charge in [-0.25, -0.2) is 4.98 Å². The summed E-state index contributed by atoms with van der Waals surface area (Å²) in [4.78, 5) is 63.9.